The summed E-state index contributed by atoms with van der Waals surface area (Å²) < 4.78 is 0. The highest BCUT2D eigenvalue weighted by Gasteiger charge is 2.11. The third-order valence-corrected chi connectivity index (χ3v) is 4.40. The minimum absolute atomic E-state index is 0.506. The minimum Gasteiger partial charge on any atom is -0.427 e. The number of unbranched alkanes of at least 4 members (excludes halogenated alkanes) is 3. The SMILES string of the molecule is CNC(CCCCCN1CCCC1)CCCCB(O)O. The van der Waals surface area contributed by atoms with Crippen molar-refractivity contribution >= 4 is 7.12 Å². The Hall–Kier alpha value is -0.0951. The van der Waals surface area contributed by atoms with Crippen LogP contribution < -0.4 is 5.32 Å². The molecule has 1 aliphatic rings. The van der Waals surface area contributed by atoms with Crippen LogP contribution in [-0.2, 0) is 0 Å². The van der Waals surface area contributed by atoms with Gasteiger partial charge in [0.2, 0.25) is 0 Å². The van der Waals surface area contributed by atoms with E-state index in [1.807, 2.05) is 7.05 Å². The van der Waals surface area contributed by atoms with E-state index in [0.717, 1.165) is 19.3 Å². The topological polar surface area (TPSA) is 55.7 Å². The van der Waals surface area contributed by atoms with E-state index in [4.69, 9.17) is 10.0 Å². The maximum Gasteiger partial charge on any atom is 0.451 e. The summed E-state index contributed by atoms with van der Waals surface area (Å²) in [6, 6.07) is 0.595. The first-order valence-electron chi connectivity index (χ1n) is 8.48. The first-order chi connectivity index (χ1) is 9.72. The van der Waals surface area contributed by atoms with Gasteiger partial charge in [-0.15, -0.1) is 0 Å². The quantitative estimate of drug-likeness (QED) is 0.378. The molecule has 3 N–H and O–H groups in total. The van der Waals surface area contributed by atoms with Crippen molar-refractivity contribution in [2.45, 2.75) is 70.1 Å². The molecule has 20 heavy (non-hydrogen) atoms. The molecular formula is C15H33BN2O2. The second-order valence-electron chi connectivity index (χ2n) is 6.15. The Bertz CT molecular complexity index is 224. The predicted molar refractivity (Wildman–Crippen MR) is 85.8 cm³/mol. The number of hydrogen-bond donors (Lipinski definition) is 3. The molecule has 0 bridgehead atoms. The lowest BCUT2D eigenvalue weighted by Gasteiger charge is -2.17. The highest BCUT2D eigenvalue weighted by atomic mass is 16.4. The number of rotatable bonds is 12. The average Bonchev–Trinajstić information content (AvgIpc) is 2.93. The van der Waals surface area contributed by atoms with Gasteiger partial charge < -0.3 is 20.3 Å². The van der Waals surface area contributed by atoms with Gasteiger partial charge in [0.15, 0.2) is 0 Å². The summed E-state index contributed by atoms with van der Waals surface area (Å²) in [5.41, 5.74) is 0. The smallest absolute Gasteiger partial charge is 0.427 e. The Morgan fingerprint density at radius 3 is 2.25 bits per heavy atom. The van der Waals surface area contributed by atoms with Crippen molar-refractivity contribution in [2.75, 3.05) is 26.7 Å². The monoisotopic (exact) mass is 284 g/mol. The maximum atomic E-state index is 8.80. The van der Waals surface area contributed by atoms with Crippen molar-refractivity contribution < 1.29 is 10.0 Å². The zero-order valence-corrected chi connectivity index (χ0v) is 13.2. The van der Waals surface area contributed by atoms with Crippen LogP contribution in [-0.4, -0.2) is 54.8 Å². The third-order valence-electron chi connectivity index (χ3n) is 4.40. The average molecular weight is 284 g/mol. The molecule has 0 aromatic rings. The van der Waals surface area contributed by atoms with E-state index < -0.39 is 7.12 Å². The normalized spacial score (nSPS) is 17.6. The molecule has 0 amide bonds. The van der Waals surface area contributed by atoms with Crippen LogP contribution in [0.5, 0.6) is 0 Å². The fourth-order valence-electron chi connectivity index (χ4n) is 3.06. The summed E-state index contributed by atoms with van der Waals surface area (Å²) in [4.78, 5) is 2.59. The van der Waals surface area contributed by atoms with E-state index >= 15 is 0 Å². The number of hydrogen-bond acceptors (Lipinski definition) is 4. The molecule has 1 heterocycles. The Balaban J connectivity index is 1.91. The molecule has 0 spiro atoms. The summed E-state index contributed by atoms with van der Waals surface area (Å²) in [7, 11) is 0.907. The molecule has 1 saturated heterocycles. The summed E-state index contributed by atoms with van der Waals surface area (Å²) in [5, 5.41) is 21.0. The molecule has 0 aliphatic carbocycles. The van der Waals surface area contributed by atoms with Gasteiger partial charge in [0.05, 0.1) is 0 Å². The van der Waals surface area contributed by atoms with Crippen molar-refractivity contribution in [2.24, 2.45) is 0 Å². The maximum absolute atomic E-state index is 8.80. The van der Waals surface area contributed by atoms with Gasteiger partial charge in [0, 0.05) is 6.04 Å². The van der Waals surface area contributed by atoms with Crippen LogP contribution in [0.3, 0.4) is 0 Å². The summed E-state index contributed by atoms with van der Waals surface area (Å²) in [6.45, 7) is 3.92. The lowest BCUT2D eigenvalue weighted by atomic mass is 9.83. The number of nitrogens with zero attached hydrogens (tertiary/aromatic N) is 1. The van der Waals surface area contributed by atoms with Crippen LogP contribution in [0.4, 0.5) is 0 Å². The molecule has 1 atom stereocenters. The zero-order chi connectivity index (χ0) is 14.6. The molecule has 0 aromatic heterocycles. The van der Waals surface area contributed by atoms with Crippen LogP contribution in [0.25, 0.3) is 0 Å². The molecule has 4 nitrogen and oxygen atoms in total. The lowest BCUT2D eigenvalue weighted by molar-refractivity contribution is 0.325. The van der Waals surface area contributed by atoms with Gasteiger partial charge in [-0.3, -0.25) is 0 Å². The molecular weight excluding hydrogens is 251 g/mol. The Morgan fingerprint density at radius 2 is 1.65 bits per heavy atom. The van der Waals surface area contributed by atoms with Crippen molar-refractivity contribution in [1.29, 1.82) is 0 Å². The van der Waals surface area contributed by atoms with E-state index in [2.05, 4.69) is 10.2 Å². The highest BCUT2D eigenvalue weighted by Crippen LogP contribution is 2.13. The molecule has 0 saturated carbocycles. The van der Waals surface area contributed by atoms with E-state index in [1.165, 1.54) is 58.2 Å². The van der Waals surface area contributed by atoms with Crippen molar-refractivity contribution in [3.05, 3.63) is 0 Å². The fourth-order valence-corrected chi connectivity index (χ4v) is 3.06. The van der Waals surface area contributed by atoms with E-state index in [1.54, 1.807) is 0 Å². The molecule has 1 unspecified atom stereocenters. The van der Waals surface area contributed by atoms with Crippen LogP contribution in [0.15, 0.2) is 0 Å². The van der Waals surface area contributed by atoms with Gasteiger partial charge in [-0.2, -0.15) is 0 Å². The van der Waals surface area contributed by atoms with Crippen molar-refractivity contribution in [3.63, 3.8) is 0 Å². The van der Waals surface area contributed by atoms with Crippen molar-refractivity contribution in [1.82, 2.24) is 10.2 Å². The van der Waals surface area contributed by atoms with E-state index in [9.17, 15) is 0 Å². The van der Waals surface area contributed by atoms with Gasteiger partial charge in [0.1, 0.15) is 0 Å². The first kappa shape index (κ1) is 18.0. The van der Waals surface area contributed by atoms with Crippen LogP contribution in [0.1, 0.15) is 57.8 Å². The zero-order valence-electron chi connectivity index (χ0n) is 13.2. The number of nitrogens with one attached hydrogen (secondary N) is 1. The van der Waals surface area contributed by atoms with Gasteiger partial charge in [-0.05, 0) is 65.1 Å². The molecule has 118 valence electrons. The largest absolute Gasteiger partial charge is 0.451 e. The van der Waals surface area contributed by atoms with Gasteiger partial charge >= 0.3 is 7.12 Å². The highest BCUT2D eigenvalue weighted by molar-refractivity contribution is 6.40. The predicted octanol–water partition coefficient (Wildman–Crippen LogP) is 1.87. The summed E-state index contributed by atoms with van der Waals surface area (Å²) in [5.74, 6) is 0. The molecule has 1 fully saturated rings. The Labute approximate surface area is 125 Å². The molecule has 1 aliphatic heterocycles. The Kier molecular flexibility index (Phi) is 10.4. The summed E-state index contributed by atoms with van der Waals surface area (Å²) in [6.07, 6.45) is 11.7. The summed E-state index contributed by atoms with van der Waals surface area (Å²) >= 11 is 0. The molecule has 0 radical (unpaired) electrons. The molecule has 5 heteroatoms. The van der Waals surface area contributed by atoms with Crippen LogP contribution in [0.2, 0.25) is 6.32 Å². The van der Waals surface area contributed by atoms with Gasteiger partial charge in [0.25, 0.3) is 0 Å². The second-order valence-corrected chi connectivity index (χ2v) is 6.15. The minimum atomic E-state index is -1.13. The second kappa shape index (κ2) is 11.6. The van der Waals surface area contributed by atoms with Crippen LogP contribution in [0, 0.1) is 0 Å². The lowest BCUT2D eigenvalue weighted by Crippen LogP contribution is -2.25. The van der Waals surface area contributed by atoms with Gasteiger partial charge in [-0.25, -0.2) is 0 Å². The molecule has 1 rings (SSSR count). The standard InChI is InChI=1S/C15H33BN2O2/c1-17-15(10-4-5-11-16(19)20)9-3-2-6-12-18-13-7-8-14-18/h15,17,19-20H,2-14H2,1H3. The number of likely N-dealkylation sites (tertiary alicyclic amines) is 1. The first-order valence-corrected chi connectivity index (χ1v) is 8.48. The van der Waals surface area contributed by atoms with Crippen LogP contribution >= 0.6 is 0 Å². The fraction of sp³-hybridized carbons (Fsp3) is 1.00. The van der Waals surface area contributed by atoms with Gasteiger partial charge in [-0.1, -0.05) is 25.7 Å². The van der Waals surface area contributed by atoms with Crippen molar-refractivity contribution in [3.8, 4) is 0 Å². The third kappa shape index (κ3) is 8.95. The van der Waals surface area contributed by atoms with E-state index in [-0.39, 0.29) is 0 Å². The molecule has 0 aromatic carbocycles. The van der Waals surface area contributed by atoms with E-state index in [0.29, 0.717) is 12.4 Å². The Morgan fingerprint density at radius 1 is 1.00 bits per heavy atom.